The van der Waals surface area contributed by atoms with Crippen LogP contribution in [0.4, 0.5) is 0 Å². The molecule has 0 spiro atoms. The van der Waals surface area contributed by atoms with Crippen molar-refractivity contribution in [1.82, 2.24) is 5.32 Å². The summed E-state index contributed by atoms with van der Waals surface area (Å²) in [7, 11) is 0. The summed E-state index contributed by atoms with van der Waals surface area (Å²) in [6.45, 7) is 5.42. The topological polar surface area (TPSA) is 32.3 Å². The molecule has 0 aliphatic heterocycles. The van der Waals surface area contributed by atoms with E-state index in [4.69, 9.17) is 5.11 Å². The summed E-state index contributed by atoms with van der Waals surface area (Å²) in [5, 5.41) is 16.7. The van der Waals surface area contributed by atoms with E-state index in [2.05, 4.69) is 36.0 Å². The molecule has 0 amide bonds. The number of aliphatic hydroxyl groups is 1. The highest BCUT2D eigenvalue weighted by Crippen LogP contribution is 2.06. The monoisotopic (exact) mass is 213 g/mol. The average molecular weight is 213 g/mol. The Bertz CT molecular complexity index is 235. The lowest BCUT2D eigenvalue weighted by atomic mass is 10.1. The molecule has 1 aromatic rings. The van der Waals surface area contributed by atoms with Crippen LogP contribution in [0.15, 0.2) is 16.8 Å². The van der Waals surface area contributed by atoms with E-state index in [0.29, 0.717) is 12.0 Å². The fraction of sp³-hybridized carbons (Fsp3) is 0.636. The number of hydrogen-bond donors (Lipinski definition) is 2. The van der Waals surface area contributed by atoms with E-state index < -0.39 is 0 Å². The molecule has 0 aromatic carbocycles. The maximum Gasteiger partial charge on any atom is 0.0471 e. The van der Waals surface area contributed by atoms with Gasteiger partial charge in [0.05, 0.1) is 0 Å². The highest BCUT2D eigenvalue weighted by Gasteiger charge is 2.09. The Morgan fingerprint density at radius 1 is 1.50 bits per heavy atom. The number of rotatable bonds is 6. The van der Waals surface area contributed by atoms with Gasteiger partial charge in [0.2, 0.25) is 0 Å². The molecule has 3 heteroatoms. The first-order valence-corrected chi connectivity index (χ1v) is 6.03. The predicted molar refractivity (Wildman–Crippen MR) is 61.7 cm³/mol. The summed E-state index contributed by atoms with van der Waals surface area (Å²) < 4.78 is 0. The highest BCUT2D eigenvalue weighted by atomic mass is 32.1. The smallest absolute Gasteiger partial charge is 0.0471 e. The van der Waals surface area contributed by atoms with Crippen molar-refractivity contribution in [2.45, 2.75) is 26.3 Å². The number of hydrogen-bond acceptors (Lipinski definition) is 3. The molecule has 2 N–H and O–H groups in total. The molecule has 1 heterocycles. The van der Waals surface area contributed by atoms with Crippen molar-refractivity contribution < 1.29 is 5.11 Å². The van der Waals surface area contributed by atoms with Crippen molar-refractivity contribution in [3.8, 4) is 0 Å². The Morgan fingerprint density at radius 2 is 2.29 bits per heavy atom. The van der Waals surface area contributed by atoms with Crippen LogP contribution in [0.3, 0.4) is 0 Å². The molecule has 1 rings (SSSR count). The van der Waals surface area contributed by atoms with Crippen LogP contribution in [0.2, 0.25) is 0 Å². The van der Waals surface area contributed by atoms with Crippen LogP contribution in [0.25, 0.3) is 0 Å². The van der Waals surface area contributed by atoms with Gasteiger partial charge in [0.25, 0.3) is 0 Å². The largest absolute Gasteiger partial charge is 0.396 e. The van der Waals surface area contributed by atoms with Crippen molar-refractivity contribution in [2.24, 2.45) is 5.92 Å². The van der Waals surface area contributed by atoms with Crippen molar-refractivity contribution in [3.05, 3.63) is 22.4 Å². The van der Waals surface area contributed by atoms with Gasteiger partial charge in [0, 0.05) is 12.6 Å². The van der Waals surface area contributed by atoms with E-state index >= 15 is 0 Å². The third-order valence-electron chi connectivity index (χ3n) is 2.60. The first-order valence-electron chi connectivity index (χ1n) is 5.09. The van der Waals surface area contributed by atoms with Gasteiger partial charge in [-0.15, -0.1) is 0 Å². The van der Waals surface area contributed by atoms with Crippen molar-refractivity contribution in [1.29, 1.82) is 0 Å². The molecule has 0 aliphatic rings. The summed E-state index contributed by atoms with van der Waals surface area (Å²) in [6, 6.07) is 2.55. The third kappa shape index (κ3) is 3.78. The second kappa shape index (κ2) is 6.17. The maximum absolute atomic E-state index is 8.95. The molecule has 0 bridgehead atoms. The van der Waals surface area contributed by atoms with Crippen LogP contribution < -0.4 is 5.32 Å². The Hall–Kier alpha value is -0.380. The standard InChI is InChI=1S/C11H19NOS/c1-9(7-13)10(2)12-5-3-11-4-6-14-8-11/h4,6,8-10,12-13H,3,5,7H2,1-2H3. The fourth-order valence-corrected chi connectivity index (χ4v) is 1.94. The Balaban J connectivity index is 2.15. The molecule has 2 atom stereocenters. The Kier molecular flexibility index (Phi) is 5.15. The molecule has 0 aliphatic carbocycles. The molecule has 1 aromatic heterocycles. The van der Waals surface area contributed by atoms with Gasteiger partial charge in [-0.05, 0) is 48.2 Å². The zero-order valence-corrected chi connectivity index (χ0v) is 9.68. The summed E-state index contributed by atoms with van der Waals surface area (Å²) in [4.78, 5) is 0. The second-order valence-electron chi connectivity index (χ2n) is 3.78. The molecular formula is C11H19NOS. The Morgan fingerprint density at radius 3 is 2.86 bits per heavy atom. The normalized spacial score (nSPS) is 15.4. The Labute approximate surface area is 90.0 Å². The quantitative estimate of drug-likeness (QED) is 0.756. The fourth-order valence-electron chi connectivity index (χ4n) is 1.24. The van der Waals surface area contributed by atoms with E-state index in [0.717, 1.165) is 13.0 Å². The first kappa shape index (κ1) is 11.7. The van der Waals surface area contributed by atoms with Gasteiger partial charge in [-0.25, -0.2) is 0 Å². The first-order chi connectivity index (χ1) is 6.74. The highest BCUT2D eigenvalue weighted by molar-refractivity contribution is 7.07. The molecule has 0 radical (unpaired) electrons. The SMILES string of the molecule is CC(CO)C(C)NCCc1ccsc1. The summed E-state index contributed by atoms with van der Waals surface area (Å²) in [5.74, 6) is 0.331. The van der Waals surface area contributed by atoms with Crippen LogP contribution in [-0.4, -0.2) is 24.3 Å². The lowest BCUT2D eigenvalue weighted by Gasteiger charge is -2.18. The van der Waals surface area contributed by atoms with Crippen LogP contribution in [0.1, 0.15) is 19.4 Å². The minimum atomic E-state index is 0.257. The molecule has 0 saturated carbocycles. The molecule has 14 heavy (non-hydrogen) atoms. The van der Waals surface area contributed by atoms with E-state index in [9.17, 15) is 0 Å². The van der Waals surface area contributed by atoms with Crippen molar-refractivity contribution in [3.63, 3.8) is 0 Å². The third-order valence-corrected chi connectivity index (χ3v) is 3.33. The van der Waals surface area contributed by atoms with Gasteiger partial charge in [-0.2, -0.15) is 11.3 Å². The van der Waals surface area contributed by atoms with Crippen molar-refractivity contribution in [2.75, 3.05) is 13.2 Å². The van der Waals surface area contributed by atoms with E-state index in [1.807, 2.05) is 0 Å². The summed E-state index contributed by atoms with van der Waals surface area (Å²) in [6.07, 6.45) is 1.08. The van der Waals surface area contributed by atoms with E-state index in [1.54, 1.807) is 11.3 Å². The van der Waals surface area contributed by atoms with Crippen LogP contribution in [0.5, 0.6) is 0 Å². The number of nitrogens with one attached hydrogen (secondary N) is 1. The zero-order valence-electron chi connectivity index (χ0n) is 8.86. The maximum atomic E-state index is 8.95. The van der Waals surface area contributed by atoms with Gasteiger partial charge in [-0.1, -0.05) is 6.92 Å². The second-order valence-corrected chi connectivity index (χ2v) is 4.56. The van der Waals surface area contributed by atoms with E-state index in [-0.39, 0.29) is 6.61 Å². The zero-order chi connectivity index (χ0) is 10.4. The molecular weight excluding hydrogens is 194 g/mol. The number of aliphatic hydroxyl groups excluding tert-OH is 1. The predicted octanol–water partition coefficient (Wildman–Crippen LogP) is 1.90. The lowest BCUT2D eigenvalue weighted by molar-refractivity contribution is 0.208. The van der Waals surface area contributed by atoms with Crippen LogP contribution in [0, 0.1) is 5.92 Å². The van der Waals surface area contributed by atoms with Crippen molar-refractivity contribution >= 4 is 11.3 Å². The summed E-state index contributed by atoms with van der Waals surface area (Å²) >= 11 is 1.74. The van der Waals surface area contributed by atoms with Crippen LogP contribution in [-0.2, 0) is 6.42 Å². The van der Waals surface area contributed by atoms with Gasteiger partial charge < -0.3 is 10.4 Å². The van der Waals surface area contributed by atoms with Gasteiger partial charge in [0.15, 0.2) is 0 Å². The van der Waals surface area contributed by atoms with Gasteiger partial charge >= 0.3 is 0 Å². The molecule has 0 saturated heterocycles. The molecule has 0 fully saturated rings. The minimum Gasteiger partial charge on any atom is -0.396 e. The molecule has 80 valence electrons. The minimum absolute atomic E-state index is 0.257. The molecule has 2 unspecified atom stereocenters. The molecule has 2 nitrogen and oxygen atoms in total. The lowest BCUT2D eigenvalue weighted by Crippen LogP contribution is -2.35. The van der Waals surface area contributed by atoms with E-state index in [1.165, 1.54) is 5.56 Å². The van der Waals surface area contributed by atoms with Crippen LogP contribution >= 0.6 is 11.3 Å². The summed E-state index contributed by atoms with van der Waals surface area (Å²) in [5.41, 5.74) is 1.39. The van der Waals surface area contributed by atoms with Gasteiger partial charge in [-0.3, -0.25) is 0 Å². The number of thiophene rings is 1. The van der Waals surface area contributed by atoms with Gasteiger partial charge in [0.1, 0.15) is 0 Å². The average Bonchev–Trinajstić information content (AvgIpc) is 2.69.